The number of rotatable bonds is 10. The van der Waals surface area contributed by atoms with Gasteiger partial charge in [-0.1, -0.05) is 74.5 Å². The molecule has 0 bridgehead atoms. The zero-order valence-electron chi connectivity index (χ0n) is 15.1. The molecule has 0 saturated carbocycles. The highest BCUT2D eigenvalue weighted by Crippen LogP contribution is 2.14. The average Bonchev–Trinajstić information content (AvgIpc) is 2.60. The SMILES string of the molecule is CC(CCN(O)CCC(C)Cc1ccccc1)Cc1ccccc1. The van der Waals surface area contributed by atoms with E-state index >= 15 is 0 Å². The topological polar surface area (TPSA) is 23.5 Å². The van der Waals surface area contributed by atoms with Crippen LogP contribution in [0.5, 0.6) is 0 Å². The maximum Gasteiger partial charge on any atom is 0.0240 e. The summed E-state index contributed by atoms with van der Waals surface area (Å²) in [7, 11) is 0. The Kier molecular flexibility index (Phi) is 8.00. The van der Waals surface area contributed by atoms with Crippen molar-refractivity contribution in [1.82, 2.24) is 5.06 Å². The quantitative estimate of drug-likeness (QED) is 0.606. The fraction of sp³-hybridized carbons (Fsp3) is 0.455. The first-order valence-corrected chi connectivity index (χ1v) is 9.15. The second-order valence-corrected chi connectivity index (χ2v) is 7.12. The summed E-state index contributed by atoms with van der Waals surface area (Å²) in [4.78, 5) is 0. The third kappa shape index (κ3) is 7.29. The van der Waals surface area contributed by atoms with Crippen molar-refractivity contribution in [3.05, 3.63) is 71.8 Å². The molecule has 2 unspecified atom stereocenters. The molecular formula is C22H31NO. The second kappa shape index (κ2) is 10.3. The van der Waals surface area contributed by atoms with Gasteiger partial charge in [0.1, 0.15) is 0 Å². The maximum atomic E-state index is 10.1. The predicted molar refractivity (Wildman–Crippen MR) is 101 cm³/mol. The van der Waals surface area contributed by atoms with E-state index in [4.69, 9.17) is 0 Å². The molecule has 0 spiro atoms. The van der Waals surface area contributed by atoms with Crippen LogP contribution in [0.2, 0.25) is 0 Å². The molecule has 2 rings (SSSR count). The summed E-state index contributed by atoms with van der Waals surface area (Å²) in [5.41, 5.74) is 2.76. The summed E-state index contributed by atoms with van der Waals surface area (Å²) in [6.45, 7) is 6.04. The Hall–Kier alpha value is -1.64. The minimum atomic E-state index is 0.587. The molecule has 1 N–H and O–H groups in total. The van der Waals surface area contributed by atoms with Gasteiger partial charge >= 0.3 is 0 Å². The van der Waals surface area contributed by atoms with Crippen LogP contribution in [0.15, 0.2) is 60.7 Å². The predicted octanol–water partition coefficient (Wildman–Crippen LogP) is 5.22. The molecule has 0 amide bonds. The lowest BCUT2D eigenvalue weighted by atomic mass is 9.97. The first-order chi connectivity index (χ1) is 11.6. The fourth-order valence-corrected chi connectivity index (χ4v) is 3.09. The number of benzene rings is 2. The van der Waals surface area contributed by atoms with E-state index in [0.717, 1.165) is 38.8 Å². The van der Waals surface area contributed by atoms with E-state index < -0.39 is 0 Å². The summed E-state index contributed by atoms with van der Waals surface area (Å²) >= 11 is 0. The standard InChI is InChI=1S/C22H31NO/c1-19(17-21-9-5-3-6-10-21)13-15-23(24)16-14-20(2)18-22-11-7-4-8-12-22/h3-12,19-20,24H,13-18H2,1-2H3. The van der Waals surface area contributed by atoms with Gasteiger partial charge in [-0.05, 0) is 48.6 Å². The van der Waals surface area contributed by atoms with Crippen molar-refractivity contribution in [3.8, 4) is 0 Å². The second-order valence-electron chi connectivity index (χ2n) is 7.12. The van der Waals surface area contributed by atoms with E-state index in [1.54, 1.807) is 0 Å². The molecule has 2 aromatic carbocycles. The van der Waals surface area contributed by atoms with E-state index in [9.17, 15) is 5.21 Å². The fourth-order valence-electron chi connectivity index (χ4n) is 3.09. The normalized spacial score (nSPS) is 13.8. The van der Waals surface area contributed by atoms with Crippen molar-refractivity contribution in [1.29, 1.82) is 0 Å². The molecule has 0 aromatic heterocycles. The van der Waals surface area contributed by atoms with E-state index in [-0.39, 0.29) is 0 Å². The highest BCUT2D eigenvalue weighted by atomic mass is 16.5. The molecule has 24 heavy (non-hydrogen) atoms. The van der Waals surface area contributed by atoms with Crippen LogP contribution in [0.25, 0.3) is 0 Å². The van der Waals surface area contributed by atoms with Gasteiger partial charge in [-0.3, -0.25) is 0 Å². The van der Waals surface area contributed by atoms with Crippen molar-refractivity contribution in [2.75, 3.05) is 13.1 Å². The molecule has 0 radical (unpaired) electrons. The van der Waals surface area contributed by atoms with Gasteiger partial charge in [0.25, 0.3) is 0 Å². The summed E-state index contributed by atoms with van der Waals surface area (Å²) in [6.07, 6.45) is 4.22. The van der Waals surface area contributed by atoms with E-state index in [1.165, 1.54) is 16.2 Å². The Morgan fingerprint density at radius 2 is 1.08 bits per heavy atom. The lowest BCUT2D eigenvalue weighted by molar-refractivity contribution is -0.0962. The van der Waals surface area contributed by atoms with Crippen LogP contribution in [-0.4, -0.2) is 23.4 Å². The van der Waals surface area contributed by atoms with Crippen LogP contribution in [0.4, 0.5) is 0 Å². The molecule has 2 aromatic rings. The van der Waals surface area contributed by atoms with Crippen molar-refractivity contribution >= 4 is 0 Å². The molecule has 0 saturated heterocycles. The summed E-state index contributed by atoms with van der Waals surface area (Å²) in [5, 5.41) is 11.6. The molecule has 130 valence electrons. The molecule has 0 aliphatic rings. The minimum absolute atomic E-state index is 0.587. The Morgan fingerprint density at radius 3 is 1.46 bits per heavy atom. The highest BCUT2D eigenvalue weighted by molar-refractivity contribution is 5.15. The molecule has 2 heteroatoms. The van der Waals surface area contributed by atoms with E-state index in [2.05, 4.69) is 74.5 Å². The summed E-state index contributed by atoms with van der Waals surface area (Å²) in [5.74, 6) is 1.17. The van der Waals surface area contributed by atoms with Crippen molar-refractivity contribution in [2.24, 2.45) is 11.8 Å². The lowest BCUT2D eigenvalue weighted by Crippen LogP contribution is -2.25. The van der Waals surface area contributed by atoms with Gasteiger partial charge in [0.2, 0.25) is 0 Å². The van der Waals surface area contributed by atoms with Gasteiger partial charge < -0.3 is 5.21 Å². The molecule has 2 nitrogen and oxygen atoms in total. The maximum absolute atomic E-state index is 10.1. The monoisotopic (exact) mass is 325 g/mol. The molecule has 0 heterocycles. The number of nitrogens with zero attached hydrogens (tertiary/aromatic N) is 1. The lowest BCUT2D eigenvalue weighted by Gasteiger charge is -2.20. The average molecular weight is 325 g/mol. The third-order valence-electron chi connectivity index (χ3n) is 4.61. The van der Waals surface area contributed by atoms with Crippen molar-refractivity contribution in [2.45, 2.75) is 39.5 Å². The zero-order chi connectivity index (χ0) is 17.2. The van der Waals surface area contributed by atoms with Crippen LogP contribution >= 0.6 is 0 Å². The molecule has 0 fully saturated rings. The van der Waals surface area contributed by atoms with Crippen LogP contribution in [-0.2, 0) is 12.8 Å². The third-order valence-corrected chi connectivity index (χ3v) is 4.61. The van der Waals surface area contributed by atoms with Gasteiger partial charge in [0.15, 0.2) is 0 Å². The van der Waals surface area contributed by atoms with Gasteiger partial charge in [0.05, 0.1) is 0 Å². The van der Waals surface area contributed by atoms with Crippen LogP contribution in [0, 0.1) is 11.8 Å². The van der Waals surface area contributed by atoms with Crippen LogP contribution < -0.4 is 0 Å². The van der Waals surface area contributed by atoms with Crippen LogP contribution in [0.3, 0.4) is 0 Å². The molecule has 2 atom stereocenters. The Bertz CT molecular complexity index is 503. The highest BCUT2D eigenvalue weighted by Gasteiger charge is 2.09. The van der Waals surface area contributed by atoms with Gasteiger partial charge in [-0.15, -0.1) is 0 Å². The zero-order valence-corrected chi connectivity index (χ0v) is 15.1. The Morgan fingerprint density at radius 1 is 0.708 bits per heavy atom. The number of hydroxylamine groups is 2. The Balaban J connectivity index is 1.61. The summed E-state index contributed by atoms with van der Waals surface area (Å²) in [6, 6.07) is 21.2. The summed E-state index contributed by atoms with van der Waals surface area (Å²) < 4.78 is 0. The Labute approximate surface area is 147 Å². The largest absolute Gasteiger partial charge is 0.314 e. The number of hydrogen-bond donors (Lipinski definition) is 1. The first kappa shape index (κ1) is 18.7. The first-order valence-electron chi connectivity index (χ1n) is 9.15. The van der Waals surface area contributed by atoms with Gasteiger partial charge in [-0.2, -0.15) is 5.06 Å². The van der Waals surface area contributed by atoms with E-state index in [0.29, 0.717) is 11.8 Å². The molecule has 0 aliphatic carbocycles. The van der Waals surface area contributed by atoms with Gasteiger partial charge in [-0.25, -0.2) is 0 Å². The van der Waals surface area contributed by atoms with Crippen molar-refractivity contribution in [3.63, 3.8) is 0 Å². The van der Waals surface area contributed by atoms with E-state index in [1.807, 2.05) is 0 Å². The van der Waals surface area contributed by atoms with Gasteiger partial charge in [0, 0.05) is 13.1 Å². The molecule has 0 aliphatic heterocycles. The smallest absolute Gasteiger partial charge is 0.0240 e. The minimum Gasteiger partial charge on any atom is -0.314 e. The molecular weight excluding hydrogens is 294 g/mol. The number of hydrogen-bond acceptors (Lipinski definition) is 2. The van der Waals surface area contributed by atoms with Crippen LogP contribution in [0.1, 0.15) is 37.8 Å². The van der Waals surface area contributed by atoms with Crippen molar-refractivity contribution < 1.29 is 5.21 Å².